The van der Waals surface area contributed by atoms with Crippen molar-refractivity contribution in [2.75, 3.05) is 26.2 Å². The van der Waals surface area contributed by atoms with Gasteiger partial charge in [0, 0.05) is 42.0 Å². The number of amidine groups is 1. The molecule has 0 radical (unpaired) electrons. The van der Waals surface area contributed by atoms with Crippen molar-refractivity contribution >= 4 is 18.3 Å². The van der Waals surface area contributed by atoms with Gasteiger partial charge >= 0.3 is 0 Å². The fraction of sp³-hybridized carbons (Fsp3) is 0.659. The Morgan fingerprint density at radius 1 is 0.700 bits per heavy atom. The Kier molecular flexibility index (Phi) is 11.9. The van der Waals surface area contributed by atoms with Crippen molar-refractivity contribution in [1.82, 2.24) is 4.90 Å². The van der Waals surface area contributed by atoms with Crippen LogP contribution in [-0.4, -0.2) is 76.2 Å². The molecule has 2 N–H and O–H groups in total. The van der Waals surface area contributed by atoms with Crippen LogP contribution < -0.4 is 0 Å². The standard InChI is InChI=1S/C44H66N4O2/c1-42(2,3)34-25-31(17-15-22-48-24-16-23-47-21-14-10-11-20-39(47)48)40(49)32(26-34)29-45-37-18-12-13-19-38(37)46-30-33-27-35(43(4,5)6)28-36(41(33)50)44(7,8)9/h25-30,37-38H,10-24H2,1-9H3,(H-,45,46,49,50)/p+1. The zero-order chi connectivity index (χ0) is 36.3. The molecule has 0 spiro atoms. The van der Waals surface area contributed by atoms with Crippen molar-refractivity contribution in [3.63, 3.8) is 0 Å². The highest BCUT2D eigenvalue weighted by molar-refractivity contribution is 5.86. The van der Waals surface area contributed by atoms with Crippen LogP contribution in [0, 0.1) is 0 Å². The highest BCUT2D eigenvalue weighted by atomic mass is 16.3. The Labute approximate surface area is 303 Å². The van der Waals surface area contributed by atoms with Gasteiger partial charge in [-0.25, -0.2) is 0 Å². The molecule has 5 rings (SSSR count). The van der Waals surface area contributed by atoms with Crippen LogP contribution in [-0.2, 0) is 22.7 Å². The molecule has 6 nitrogen and oxygen atoms in total. The molecule has 2 heterocycles. The van der Waals surface area contributed by atoms with E-state index in [4.69, 9.17) is 9.98 Å². The maximum Gasteiger partial charge on any atom is 0.246 e. The lowest BCUT2D eigenvalue weighted by atomic mass is 9.79. The van der Waals surface area contributed by atoms with Crippen LogP contribution in [0.1, 0.15) is 160 Å². The van der Waals surface area contributed by atoms with Crippen LogP contribution in [0.3, 0.4) is 0 Å². The van der Waals surface area contributed by atoms with Gasteiger partial charge in [-0.2, -0.15) is 0 Å². The number of aromatic hydroxyl groups is 2. The fourth-order valence-corrected chi connectivity index (χ4v) is 7.92. The van der Waals surface area contributed by atoms with E-state index in [1.54, 1.807) is 5.84 Å². The average Bonchev–Trinajstić information content (AvgIpc) is 3.29. The molecule has 2 unspecified atom stereocenters. The molecule has 1 saturated carbocycles. The van der Waals surface area contributed by atoms with Gasteiger partial charge in [0.1, 0.15) is 11.5 Å². The molecule has 0 saturated heterocycles. The van der Waals surface area contributed by atoms with Crippen molar-refractivity contribution in [1.29, 1.82) is 0 Å². The molecule has 50 heavy (non-hydrogen) atoms. The van der Waals surface area contributed by atoms with Crippen LogP contribution in [0.5, 0.6) is 11.5 Å². The Morgan fingerprint density at radius 3 is 1.88 bits per heavy atom. The number of phenolic OH excluding ortho intramolecular Hbond substituents is 2. The highest BCUT2D eigenvalue weighted by Crippen LogP contribution is 2.38. The number of hydrogen-bond acceptors (Lipinski definition) is 5. The van der Waals surface area contributed by atoms with Crippen molar-refractivity contribution in [2.45, 2.75) is 161 Å². The summed E-state index contributed by atoms with van der Waals surface area (Å²) >= 11 is 0. The second-order valence-corrected chi connectivity index (χ2v) is 18.4. The molecule has 2 atom stereocenters. The van der Waals surface area contributed by atoms with Gasteiger partial charge in [0.05, 0.1) is 38.3 Å². The number of nitrogens with zero attached hydrogens (tertiary/aromatic N) is 4. The summed E-state index contributed by atoms with van der Waals surface area (Å²) in [6.45, 7) is 24.4. The van der Waals surface area contributed by atoms with Gasteiger partial charge in [0.25, 0.3) is 0 Å². The van der Waals surface area contributed by atoms with Gasteiger partial charge in [-0.1, -0.05) is 87.3 Å². The van der Waals surface area contributed by atoms with E-state index in [2.05, 4.69) is 96.1 Å². The normalized spacial score (nSPS) is 21.3. The number of hydrogen-bond donors (Lipinski definition) is 2. The molecule has 2 aromatic rings. The molecule has 1 aliphatic carbocycles. The molecular formula is C44H67N4O2+. The van der Waals surface area contributed by atoms with E-state index < -0.39 is 0 Å². The number of aryl methyl sites for hydroxylation is 1. The van der Waals surface area contributed by atoms with E-state index in [0.29, 0.717) is 11.5 Å². The lowest BCUT2D eigenvalue weighted by Crippen LogP contribution is -2.44. The summed E-state index contributed by atoms with van der Waals surface area (Å²) in [6.07, 6.45) is 16.3. The first-order valence-electron chi connectivity index (χ1n) is 19.7. The third kappa shape index (κ3) is 9.39. The zero-order valence-corrected chi connectivity index (χ0v) is 32.9. The van der Waals surface area contributed by atoms with Crippen molar-refractivity contribution in [3.05, 3.63) is 57.6 Å². The van der Waals surface area contributed by atoms with Gasteiger partial charge in [-0.05, 0) is 90.0 Å². The van der Waals surface area contributed by atoms with E-state index in [1.165, 1.54) is 56.3 Å². The summed E-state index contributed by atoms with van der Waals surface area (Å²) in [5, 5.41) is 23.0. The Balaban J connectivity index is 1.36. The van der Waals surface area contributed by atoms with Crippen molar-refractivity contribution < 1.29 is 14.8 Å². The quantitative estimate of drug-likeness (QED) is 0.215. The van der Waals surface area contributed by atoms with E-state index >= 15 is 0 Å². The minimum Gasteiger partial charge on any atom is -0.507 e. The average molecular weight is 684 g/mol. The van der Waals surface area contributed by atoms with Gasteiger partial charge < -0.3 is 10.2 Å². The van der Waals surface area contributed by atoms with Gasteiger partial charge in [-0.15, -0.1) is 0 Å². The lowest BCUT2D eigenvalue weighted by Gasteiger charge is -2.28. The van der Waals surface area contributed by atoms with Crippen molar-refractivity contribution in [2.24, 2.45) is 9.98 Å². The molecule has 274 valence electrons. The predicted octanol–water partition coefficient (Wildman–Crippen LogP) is 9.46. The smallest absolute Gasteiger partial charge is 0.246 e. The maximum absolute atomic E-state index is 11.6. The topological polar surface area (TPSA) is 71.4 Å². The second kappa shape index (κ2) is 15.6. The molecule has 2 aliphatic heterocycles. The summed E-state index contributed by atoms with van der Waals surface area (Å²) in [6, 6.07) is 8.69. The summed E-state index contributed by atoms with van der Waals surface area (Å²) in [5.74, 6) is 2.26. The van der Waals surface area contributed by atoms with Crippen LogP contribution in [0.4, 0.5) is 0 Å². The first kappa shape index (κ1) is 38.1. The van der Waals surface area contributed by atoms with Crippen LogP contribution >= 0.6 is 0 Å². The third-order valence-electron chi connectivity index (χ3n) is 11.2. The molecule has 6 heteroatoms. The number of phenols is 2. The van der Waals surface area contributed by atoms with Gasteiger partial charge in [0.2, 0.25) is 5.84 Å². The minimum absolute atomic E-state index is 0.0359. The molecule has 0 aromatic heterocycles. The summed E-state index contributed by atoms with van der Waals surface area (Å²) < 4.78 is 2.64. The number of aliphatic imine (C=N–C) groups is 2. The first-order valence-corrected chi connectivity index (χ1v) is 19.7. The maximum atomic E-state index is 11.6. The fourth-order valence-electron chi connectivity index (χ4n) is 7.92. The number of rotatable bonds is 8. The molecular weight excluding hydrogens is 617 g/mol. The zero-order valence-electron chi connectivity index (χ0n) is 32.9. The Hall–Kier alpha value is -3.15. The van der Waals surface area contributed by atoms with Crippen LogP contribution in [0.2, 0.25) is 0 Å². The van der Waals surface area contributed by atoms with E-state index in [1.807, 2.05) is 12.4 Å². The SMILES string of the molecule is CC(C)(C)c1cc(C=NC2CCCCC2N=Cc2cc(C(C)(C)C)cc(C(C)(C)C)c2O)c(O)c(CCCN2CCC[N+]3=C2CCCCC3)c1. The minimum atomic E-state index is -0.184. The predicted molar refractivity (Wildman–Crippen MR) is 212 cm³/mol. The molecule has 2 aromatic carbocycles. The largest absolute Gasteiger partial charge is 0.507 e. The van der Waals surface area contributed by atoms with Gasteiger partial charge in [0.15, 0.2) is 0 Å². The summed E-state index contributed by atoms with van der Waals surface area (Å²) in [7, 11) is 0. The molecule has 0 amide bonds. The van der Waals surface area contributed by atoms with E-state index in [0.717, 1.165) is 73.9 Å². The highest BCUT2D eigenvalue weighted by Gasteiger charge is 2.29. The van der Waals surface area contributed by atoms with Crippen LogP contribution in [0.25, 0.3) is 0 Å². The number of benzene rings is 2. The first-order chi connectivity index (χ1) is 23.5. The lowest BCUT2D eigenvalue weighted by molar-refractivity contribution is -0.539. The van der Waals surface area contributed by atoms with Crippen LogP contribution in [0.15, 0.2) is 34.3 Å². The third-order valence-corrected chi connectivity index (χ3v) is 11.2. The molecule has 3 aliphatic rings. The Morgan fingerprint density at radius 2 is 1.28 bits per heavy atom. The molecule has 1 fully saturated rings. The summed E-state index contributed by atoms with van der Waals surface area (Å²) in [4.78, 5) is 12.9. The van der Waals surface area contributed by atoms with Gasteiger partial charge in [-0.3, -0.25) is 19.5 Å². The summed E-state index contributed by atoms with van der Waals surface area (Å²) in [5.41, 5.74) is 5.74. The Bertz CT molecular complexity index is 1580. The molecule has 0 bridgehead atoms. The second-order valence-electron chi connectivity index (χ2n) is 18.4. The van der Waals surface area contributed by atoms with Crippen molar-refractivity contribution in [3.8, 4) is 11.5 Å². The van der Waals surface area contributed by atoms with E-state index in [-0.39, 0.29) is 28.3 Å². The van der Waals surface area contributed by atoms with E-state index in [9.17, 15) is 10.2 Å². The monoisotopic (exact) mass is 684 g/mol.